The molecule has 0 aliphatic carbocycles. The van der Waals surface area contributed by atoms with E-state index in [1.165, 1.54) is 212 Å². The molecular formula is C54H105NO5. The molecule has 60 heavy (non-hydrogen) atoms. The Morgan fingerprint density at radius 2 is 0.767 bits per heavy atom. The fourth-order valence-corrected chi connectivity index (χ4v) is 8.40. The van der Waals surface area contributed by atoms with Crippen LogP contribution in [0.25, 0.3) is 0 Å². The summed E-state index contributed by atoms with van der Waals surface area (Å²) < 4.78 is 5.45. The van der Waals surface area contributed by atoms with E-state index in [2.05, 4.69) is 19.2 Å². The van der Waals surface area contributed by atoms with E-state index in [4.69, 9.17) is 4.74 Å². The van der Waals surface area contributed by atoms with Crippen molar-refractivity contribution in [2.75, 3.05) is 13.2 Å². The minimum absolute atomic E-state index is 0.00670. The first-order valence-electron chi connectivity index (χ1n) is 27.0. The number of aliphatic hydroxyl groups is 2. The lowest BCUT2D eigenvalue weighted by molar-refractivity contribution is -0.143. The van der Waals surface area contributed by atoms with E-state index in [0.29, 0.717) is 19.4 Å². The molecule has 2 atom stereocenters. The maximum absolute atomic E-state index is 12.5. The number of ether oxygens (including phenoxy) is 1. The van der Waals surface area contributed by atoms with Crippen molar-refractivity contribution >= 4 is 11.9 Å². The molecule has 6 nitrogen and oxygen atoms in total. The summed E-state index contributed by atoms with van der Waals surface area (Å²) in [6.45, 7) is 4.89. The number of esters is 1. The molecule has 0 aromatic rings. The van der Waals surface area contributed by atoms with Gasteiger partial charge in [-0.2, -0.15) is 0 Å². The Kier molecular flexibility index (Phi) is 49.1. The molecule has 0 bridgehead atoms. The lowest BCUT2D eigenvalue weighted by atomic mass is 10.0. The molecule has 356 valence electrons. The number of aliphatic hydroxyl groups excluding tert-OH is 2. The summed E-state index contributed by atoms with van der Waals surface area (Å²) in [4.78, 5) is 24.4. The van der Waals surface area contributed by atoms with Gasteiger partial charge in [-0.15, -0.1) is 0 Å². The first-order chi connectivity index (χ1) is 29.5. The quantitative estimate of drug-likeness (QED) is 0.0322. The monoisotopic (exact) mass is 848 g/mol. The van der Waals surface area contributed by atoms with Crippen LogP contribution in [0.3, 0.4) is 0 Å². The first kappa shape index (κ1) is 58.6. The topological polar surface area (TPSA) is 95.9 Å². The number of carbonyl (C=O) groups is 2. The molecule has 0 fully saturated rings. The molecule has 2 unspecified atom stereocenters. The Balaban J connectivity index is 3.49. The van der Waals surface area contributed by atoms with E-state index in [-0.39, 0.29) is 18.5 Å². The molecule has 3 N–H and O–H groups in total. The largest absolute Gasteiger partial charge is 0.466 e. The van der Waals surface area contributed by atoms with Gasteiger partial charge in [0.2, 0.25) is 5.91 Å². The molecule has 0 saturated heterocycles. The van der Waals surface area contributed by atoms with Gasteiger partial charge in [0.15, 0.2) is 0 Å². The highest BCUT2D eigenvalue weighted by Gasteiger charge is 2.18. The summed E-state index contributed by atoms with van der Waals surface area (Å²) >= 11 is 0. The second-order valence-electron chi connectivity index (χ2n) is 18.6. The van der Waals surface area contributed by atoms with Gasteiger partial charge in [-0.3, -0.25) is 9.59 Å². The minimum Gasteiger partial charge on any atom is -0.466 e. The van der Waals surface area contributed by atoms with Gasteiger partial charge in [0.1, 0.15) is 0 Å². The Morgan fingerprint density at radius 3 is 1.13 bits per heavy atom. The van der Waals surface area contributed by atoms with Crippen LogP contribution in [0, 0.1) is 0 Å². The molecule has 0 aliphatic heterocycles. The van der Waals surface area contributed by atoms with Crippen LogP contribution in [0.15, 0.2) is 12.2 Å². The highest BCUT2D eigenvalue weighted by molar-refractivity contribution is 5.76. The van der Waals surface area contributed by atoms with Crippen LogP contribution < -0.4 is 5.32 Å². The molecule has 0 rings (SSSR count). The van der Waals surface area contributed by atoms with E-state index in [1.54, 1.807) is 6.08 Å². The summed E-state index contributed by atoms with van der Waals surface area (Å²) in [7, 11) is 0. The van der Waals surface area contributed by atoms with Gasteiger partial charge in [-0.1, -0.05) is 264 Å². The maximum atomic E-state index is 12.5. The highest BCUT2D eigenvalue weighted by atomic mass is 16.5. The van der Waals surface area contributed by atoms with Crippen LogP contribution in [0.2, 0.25) is 0 Å². The van der Waals surface area contributed by atoms with Crippen LogP contribution in [-0.4, -0.2) is 47.4 Å². The summed E-state index contributed by atoms with van der Waals surface area (Å²) in [6.07, 6.45) is 57.8. The van der Waals surface area contributed by atoms with Gasteiger partial charge < -0.3 is 20.3 Å². The van der Waals surface area contributed by atoms with Crippen molar-refractivity contribution in [2.45, 2.75) is 309 Å². The van der Waals surface area contributed by atoms with Crippen molar-refractivity contribution in [1.29, 1.82) is 0 Å². The van der Waals surface area contributed by atoms with Gasteiger partial charge in [0.25, 0.3) is 0 Å². The van der Waals surface area contributed by atoms with E-state index in [9.17, 15) is 19.8 Å². The molecule has 6 heteroatoms. The Bertz CT molecular complexity index is 893. The van der Waals surface area contributed by atoms with Crippen LogP contribution in [0.4, 0.5) is 0 Å². The number of unbranched alkanes of at least 4 members (excludes halogenated alkanes) is 39. The van der Waals surface area contributed by atoms with Gasteiger partial charge in [0.05, 0.1) is 25.4 Å². The highest BCUT2D eigenvalue weighted by Crippen LogP contribution is 2.17. The number of amides is 1. The number of carbonyl (C=O) groups excluding carboxylic acids is 2. The third-order valence-electron chi connectivity index (χ3n) is 12.6. The zero-order chi connectivity index (χ0) is 43.7. The maximum Gasteiger partial charge on any atom is 0.305 e. The predicted molar refractivity (Wildman–Crippen MR) is 260 cm³/mol. The fraction of sp³-hybridized carbons (Fsp3) is 0.926. The van der Waals surface area contributed by atoms with Crippen molar-refractivity contribution < 1.29 is 24.5 Å². The molecule has 0 aromatic heterocycles. The second kappa shape index (κ2) is 50.2. The van der Waals surface area contributed by atoms with Crippen molar-refractivity contribution in [3.63, 3.8) is 0 Å². The number of hydrogen-bond donors (Lipinski definition) is 3. The third-order valence-corrected chi connectivity index (χ3v) is 12.6. The van der Waals surface area contributed by atoms with Crippen molar-refractivity contribution in [2.24, 2.45) is 0 Å². The normalized spacial score (nSPS) is 12.7. The molecule has 1 amide bonds. The zero-order valence-corrected chi connectivity index (χ0v) is 40.5. The number of nitrogens with one attached hydrogen (secondary N) is 1. The Labute approximate surface area is 374 Å². The average Bonchev–Trinajstić information content (AvgIpc) is 3.25. The van der Waals surface area contributed by atoms with Crippen molar-refractivity contribution in [3.05, 3.63) is 12.2 Å². The van der Waals surface area contributed by atoms with E-state index < -0.39 is 12.1 Å². The molecule has 0 radical (unpaired) electrons. The van der Waals surface area contributed by atoms with Gasteiger partial charge >= 0.3 is 5.97 Å². The lowest BCUT2D eigenvalue weighted by Crippen LogP contribution is -2.45. The number of allylic oxidation sites excluding steroid dienone is 1. The molecule has 0 spiro atoms. The molecule has 0 aromatic carbocycles. The molecule has 0 aliphatic rings. The molecular weight excluding hydrogens is 743 g/mol. The predicted octanol–water partition coefficient (Wildman–Crippen LogP) is 16.1. The van der Waals surface area contributed by atoms with Crippen LogP contribution in [-0.2, 0) is 14.3 Å². The lowest BCUT2D eigenvalue weighted by Gasteiger charge is -2.20. The van der Waals surface area contributed by atoms with E-state index in [0.717, 1.165) is 57.8 Å². The summed E-state index contributed by atoms with van der Waals surface area (Å²) in [5.41, 5.74) is 0. The Hall–Kier alpha value is -1.40. The number of hydrogen-bond acceptors (Lipinski definition) is 5. The van der Waals surface area contributed by atoms with Crippen molar-refractivity contribution in [1.82, 2.24) is 5.32 Å². The van der Waals surface area contributed by atoms with E-state index in [1.807, 2.05) is 6.08 Å². The fourth-order valence-electron chi connectivity index (χ4n) is 8.40. The third kappa shape index (κ3) is 46.1. The van der Waals surface area contributed by atoms with Crippen LogP contribution in [0.1, 0.15) is 296 Å². The number of rotatable bonds is 50. The van der Waals surface area contributed by atoms with E-state index >= 15 is 0 Å². The first-order valence-corrected chi connectivity index (χ1v) is 27.0. The van der Waals surface area contributed by atoms with Crippen LogP contribution >= 0.6 is 0 Å². The SMILES string of the molecule is CCCCCCCCCCCCCCCCCCC/C=C/C(O)C(CO)NC(=O)CCCCCCCCCCCCCCCOC(=O)CCCCCCCCCCCCC. The van der Waals surface area contributed by atoms with Gasteiger partial charge in [0, 0.05) is 12.8 Å². The summed E-state index contributed by atoms with van der Waals surface area (Å²) in [6, 6.07) is -0.636. The average molecular weight is 848 g/mol. The van der Waals surface area contributed by atoms with Gasteiger partial charge in [-0.05, 0) is 32.1 Å². The van der Waals surface area contributed by atoms with Crippen molar-refractivity contribution in [3.8, 4) is 0 Å². The zero-order valence-electron chi connectivity index (χ0n) is 40.5. The molecule has 0 heterocycles. The van der Waals surface area contributed by atoms with Gasteiger partial charge in [-0.25, -0.2) is 0 Å². The van der Waals surface area contributed by atoms with Crippen LogP contribution in [0.5, 0.6) is 0 Å². The second-order valence-corrected chi connectivity index (χ2v) is 18.6. The summed E-state index contributed by atoms with van der Waals surface area (Å²) in [5.74, 6) is -0.0850. The Morgan fingerprint density at radius 1 is 0.450 bits per heavy atom. The smallest absolute Gasteiger partial charge is 0.305 e. The standard InChI is InChI=1S/C54H105NO5/c1-3-5-7-9-11-13-15-16-17-18-19-20-21-23-27-30-34-38-42-46-52(57)51(50-56)55-53(58)47-43-39-35-31-28-24-22-25-29-33-37-41-45-49-60-54(59)48-44-40-36-32-26-14-12-10-8-6-4-2/h42,46,51-52,56-57H,3-41,43-45,47-50H2,1-2H3,(H,55,58)/b46-42+. The minimum atomic E-state index is -0.852. The summed E-state index contributed by atoms with van der Waals surface area (Å²) in [5, 5.41) is 23.1. The molecule has 0 saturated carbocycles.